The molecule has 0 radical (unpaired) electrons. The summed E-state index contributed by atoms with van der Waals surface area (Å²) in [6.45, 7) is 1.37. The van der Waals surface area contributed by atoms with Crippen LogP contribution in [0.25, 0.3) is 11.1 Å². The van der Waals surface area contributed by atoms with Crippen molar-refractivity contribution < 1.29 is 29.5 Å². The molecular formula is C20H26O6. The van der Waals surface area contributed by atoms with Crippen molar-refractivity contribution in [3.05, 3.63) is 48.0 Å². The van der Waals surface area contributed by atoms with Gasteiger partial charge in [-0.2, -0.15) is 0 Å². The predicted octanol–water partition coefficient (Wildman–Crippen LogP) is 1.65. The quantitative estimate of drug-likeness (QED) is 0.498. The topological polar surface area (TPSA) is 88.4 Å². The van der Waals surface area contributed by atoms with Crippen LogP contribution in [-0.4, -0.2) is 61.6 Å². The summed E-state index contributed by atoms with van der Waals surface area (Å²) in [7, 11) is 0. The normalized spacial score (nSPS) is 10.7. The van der Waals surface area contributed by atoms with Gasteiger partial charge in [0.2, 0.25) is 0 Å². The first-order valence-corrected chi connectivity index (χ1v) is 8.67. The molecule has 2 aromatic carbocycles. The van der Waals surface area contributed by atoms with Crippen LogP contribution < -0.4 is 9.47 Å². The van der Waals surface area contributed by atoms with Crippen LogP contribution >= 0.6 is 0 Å². The van der Waals surface area contributed by atoms with Gasteiger partial charge in [0.25, 0.3) is 0 Å². The smallest absolute Gasteiger partial charge is 0.122 e. The fourth-order valence-electron chi connectivity index (χ4n) is 2.50. The first-order chi connectivity index (χ1) is 12.8. The summed E-state index contributed by atoms with van der Waals surface area (Å²) < 4.78 is 16.3. The molecule has 0 fully saturated rings. The molecule has 0 saturated carbocycles. The molecule has 2 rings (SSSR count). The summed E-state index contributed by atoms with van der Waals surface area (Å²) in [4.78, 5) is 0. The summed E-state index contributed by atoms with van der Waals surface area (Å²) in [5.41, 5.74) is 2.97. The van der Waals surface area contributed by atoms with Crippen molar-refractivity contribution >= 4 is 0 Å². The van der Waals surface area contributed by atoms with E-state index in [9.17, 15) is 5.11 Å². The number of ether oxygens (including phenoxy) is 3. The highest BCUT2D eigenvalue weighted by Gasteiger charge is 2.07. The Kier molecular flexibility index (Phi) is 8.92. The SMILES string of the molecule is OCCOCCOc1ccc(-c2ccc(OCCO)cc2)cc1CCO. The van der Waals surface area contributed by atoms with Gasteiger partial charge in [-0.25, -0.2) is 0 Å². The Labute approximate surface area is 153 Å². The Morgan fingerprint density at radius 2 is 1.38 bits per heavy atom. The van der Waals surface area contributed by atoms with Gasteiger partial charge in [-0.15, -0.1) is 0 Å². The maximum atomic E-state index is 9.32. The molecule has 0 atom stereocenters. The third-order valence-electron chi connectivity index (χ3n) is 3.71. The van der Waals surface area contributed by atoms with Crippen LogP contribution in [0.3, 0.4) is 0 Å². The summed E-state index contributed by atoms with van der Waals surface area (Å²) >= 11 is 0. The molecule has 0 heterocycles. The van der Waals surface area contributed by atoms with Crippen molar-refractivity contribution in [2.45, 2.75) is 6.42 Å². The van der Waals surface area contributed by atoms with Gasteiger partial charge in [0.05, 0.1) is 26.4 Å². The average Bonchev–Trinajstić information content (AvgIpc) is 2.68. The van der Waals surface area contributed by atoms with Crippen LogP contribution in [0.4, 0.5) is 0 Å². The molecule has 3 N–H and O–H groups in total. The largest absolute Gasteiger partial charge is 0.491 e. The molecule has 0 unspecified atom stereocenters. The second-order valence-electron chi connectivity index (χ2n) is 5.58. The summed E-state index contributed by atoms with van der Waals surface area (Å²) in [6, 6.07) is 13.5. The summed E-state index contributed by atoms with van der Waals surface area (Å²) in [5, 5.41) is 26.8. The van der Waals surface area contributed by atoms with E-state index in [0.717, 1.165) is 22.4 Å². The van der Waals surface area contributed by atoms with E-state index < -0.39 is 0 Å². The lowest BCUT2D eigenvalue weighted by Crippen LogP contribution is -2.10. The minimum atomic E-state index is -0.0151. The highest BCUT2D eigenvalue weighted by molar-refractivity contribution is 5.66. The van der Waals surface area contributed by atoms with Crippen molar-refractivity contribution in [3.63, 3.8) is 0 Å². The van der Waals surface area contributed by atoms with Gasteiger partial charge in [0.1, 0.15) is 24.7 Å². The monoisotopic (exact) mass is 362 g/mol. The average molecular weight is 362 g/mol. The summed E-state index contributed by atoms with van der Waals surface area (Å²) in [5.74, 6) is 1.43. The van der Waals surface area contributed by atoms with E-state index in [4.69, 9.17) is 24.4 Å². The van der Waals surface area contributed by atoms with Crippen molar-refractivity contribution in [3.8, 4) is 22.6 Å². The van der Waals surface area contributed by atoms with E-state index in [1.165, 1.54) is 0 Å². The number of benzene rings is 2. The van der Waals surface area contributed by atoms with Gasteiger partial charge in [0, 0.05) is 6.61 Å². The Balaban J connectivity index is 2.06. The maximum absolute atomic E-state index is 9.32. The van der Waals surface area contributed by atoms with Crippen LogP contribution in [0.5, 0.6) is 11.5 Å². The second-order valence-corrected chi connectivity index (χ2v) is 5.58. The molecule has 142 valence electrons. The Morgan fingerprint density at radius 1 is 0.654 bits per heavy atom. The first kappa shape index (κ1) is 20.2. The zero-order valence-corrected chi connectivity index (χ0v) is 14.8. The lowest BCUT2D eigenvalue weighted by atomic mass is 10.0. The van der Waals surface area contributed by atoms with E-state index in [-0.39, 0.29) is 26.4 Å². The molecule has 0 bridgehead atoms. The molecule has 0 aromatic heterocycles. The molecule has 0 spiro atoms. The van der Waals surface area contributed by atoms with Crippen LogP contribution in [0.1, 0.15) is 5.56 Å². The third-order valence-corrected chi connectivity index (χ3v) is 3.71. The van der Waals surface area contributed by atoms with Gasteiger partial charge in [-0.1, -0.05) is 18.2 Å². The van der Waals surface area contributed by atoms with E-state index >= 15 is 0 Å². The number of aliphatic hydroxyl groups is 3. The number of aliphatic hydroxyl groups excluding tert-OH is 3. The lowest BCUT2D eigenvalue weighted by molar-refractivity contribution is 0.0702. The van der Waals surface area contributed by atoms with Crippen LogP contribution in [0.15, 0.2) is 42.5 Å². The Hall–Kier alpha value is -2.12. The standard InChI is InChI=1S/C20H26O6/c21-8-7-18-15-17(3-6-20(18)26-14-13-24-11-9-22)16-1-4-19(5-2-16)25-12-10-23/h1-6,15,21-23H,7-14H2. The third kappa shape index (κ3) is 6.31. The van der Waals surface area contributed by atoms with Crippen LogP contribution in [0, 0.1) is 0 Å². The van der Waals surface area contributed by atoms with Crippen molar-refractivity contribution in [2.75, 3.05) is 46.2 Å². The molecule has 0 aliphatic carbocycles. The molecule has 6 nitrogen and oxygen atoms in total. The van der Waals surface area contributed by atoms with Gasteiger partial charge in [0.15, 0.2) is 0 Å². The molecule has 0 aliphatic heterocycles. The van der Waals surface area contributed by atoms with Gasteiger partial charge in [-0.3, -0.25) is 0 Å². The highest BCUT2D eigenvalue weighted by Crippen LogP contribution is 2.28. The van der Waals surface area contributed by atoms with Crippen LogP contribution in [-0.2, 0) is 11.2 Å². The second kappa shape index (κ2) is 11.5. The zero-order chi connectivity index (χ0) is 18.6. The molecule has 0 amide bonds. The van der Waals surface area contributed by atoms with Gasteiger partial charge in [-0.05, 0) is 47.4 Å². The van der Waals surface area contributed by atoms with E-state index in [1.807, 2.05) is 42.5 Å². The predicted molar refractivity (Wildman–Crippen MR) is 98.6 cm³/mol. The lowest BCUT2D eigenvalue weighted by Gasteiger charge is -2.13. The van der Waals surface area contributed by atoms with E-state index in [1.54, 1.807) is 0 Å². The fraction of sp³-hybridized carbons (Fsp3) is 0.400. The number of hydrogen-bond donors (Lipinski definition) is 3. The maximum Gasteiger partial charge on any atom is 0.122 e. The zero-order valence-electron chi connectivity index (χ0n) is 14.8. The molecule has 26 heavy (non-hydrogen) atoms. The van der Waals surface area contributed by atoms with Crippen molar-refractivity contribution in [1.82, 2.24) is 0 Å². The van der Waals surface area contributed by atoms with Gasteiger partial charge < -0.3 is 29.5 Å². The molecule has 6 heteroatoms. The molecule has 0 aliphatic rings. The molecule has 0 saturated heterocycles. The number of rotatable bonds is 12. The molecule has 2 aromatic rings. The highest BCUT2D eigenvalue weighted by atomic mass is 16.5. The summed E-state index contributed by atoms with van der Waals surface area (Å²) in [6.07, 6.45) is 0.498. The van der Waals surface area contributed by atoms with Crippen molar-refractivity contribution in [2.24, 2.45) is 0 Å². The molecular weight excluding hydrogens is 336 g/mol. The minimum absolute atomic E-state index is 0.00567. The van der Waals surface area contributed by atoms with Gasteiger partial charge >= 0.3 is 0 Å². The Bertz CT molecular complexity index is 641. The minimum Gasteiger partial charge on any atom is -0.491 e. The number of hydrogen-bond acceptors (Lipinski definition) is 6. The fourth-order valence-corrected chi connectivity index (χ4v) is 2.50. The van der Waals surface area contributed by atoms with E-state index in [2.05, 4.69) is 0 Å². The Morgan fingerprint density at radius 3 is 2.08 bits per heavy atom. The van der Waals surface area contributed by atoms with Crippen molar-refractivity contribution in [1.29, 1.82) is 0 Å². The first-order valence-electron chi connectivity index (χ1n) is 8.67. The van der Waals surface area contributed by atoms with E-state index in [0.29, 0.717) is 32.0 Å². The van der Waals surface area contributed by atoms with Crippen LogP contribution in [0.2, 0.25) is 0 Å².